The van der Waals surface area contributed by atoms with Gasteiger partial charge in [0.1, 0.15) is 5.69 Å². The van der Waals surface area contributed by atoms with Gasteiger partial charge in [0, 0.05) is 5.56 Å². The molecule has 1 N–H and O–H groups in total. The summed E-state index contributed by atoms with van der Waals surface area (Å²) in [5.41, 5.74) is 2.31. The van der Waals surface area contributed by atoms with E-state index in [1.807, 2.05) is 12.1 Å². The molecule has 1 aromatic heterocycles. The van der Waals surface area contributed by atoms with Gasteiger partial charge in [0.05, 0.1) is 42.0 Å². The van der Waals surface area contributed by atoms with Gasteiger partial charge in [-0.1, -0.05) is 34.4 Å². The number of benzene rings is 2. The maximum Gasteiger partial charge on any atom is 0.173 e. The van der Waals surface area contributed by atoms with Crippen molar-refractivity contribution in [1.82, 2.24) is 5.16 Å². The van der Waals surface area contributed by atoms with Crippen molar-refractivity contribution in [2.24, 2.45) is 0 Å². The summed E-state index contributed by atoms with van der Waals surface area (Å²) in [4.78, 5) is 0. The topological polar surface area (TPSA) is 64.7 Å². The van der Waals surface area contributed by atoms with Gasteiger partial charge in [0.25, 0.3) is 0 Å². The van der Waals surface area contributed by atoms with E-state index in [-0.39, 0.29) is 6.61 Å². The standard InChI is InChI=1S/C18H15Cl2NO4/c1-23-15-5-3-4-11(18(15)24-2)16-12(9-22)17(25-21-16)10-6-7-13(19)14(20)8-10/h3-8,22H,9H2,1-2H3. The summed E-state index contributed by atoms with van der Waals surface area (Å²) in [6.07, 6.45) is 0. The number of methoxy groups -OCH3 is 2. The third kappa shape index (κ3) is 3.18. The molecule has 0 saturated carbocycles. The van der Waals surface area contributed by atoms with Crippen LogP contribution in [0.5, 0.6) is 11.5 Å². The Bertz CT molecular complexity index is 908. The Hall–Kier alpha value is -2.21. The molecule has 0 spiro atoms. The second kappa shape index (κ2) is 7.35. The van der Waals surface area contributed by atoms with Crippen LogP contribution in [0.3, 0.4) is 0 Å². The Morgan fingerprint density at radius 2 is 1.88 bits per heavy atom. The molecule has 0 saturated heterocycles. The molecule has 3 rings (SSSR count). The number of aliphatic hydroxyl groups excluding tert-OH is 1. The van der Waals surface area contributed by atoms with Crippen molar-refractivity contribution >= 4 is 23.2 Å². The van der Waals surface area contributed by atoms with Crippen LogP contribution in [0.2, 0.25) is 10.0 Å². The highest BCUT2D eigenvalue weighted by molar-refractivity contribution is 6.42. The van der Waals surface area contributed by atoms with E-state index < -0.39 is 0 Å². The molecular formula is C18H15Cl2NO4. The van der Waals surface area contributed by atoms with Crippen molar-refractivity contribution in [3.63, 3.8) is 0 Å². The van der Waals surface area contributed by atoms with Gasteiger partial charge in [0.15, 0.2) is 17.3 Å². The smallest absolute Gasteiger partial charge is 0.173 e. The van der Waals surface area contributed by atoms with Crippen LogP contribution in [-0.2, 0) is 6.61 Å². The van der Waals surface area contributed by atoms with Crippen molar-refractivity contribution in [3.8, 4) is 34.1 Å². The second-order valence-electron chi connectivity index (χ2n) is 5.17. The van der Waals surface area contributed by atoms with Crippen LogP contribution in [-0.4, -0.2) is 24.5 Å². The Kier molecular flexibility index (Phi) is 5.18. The van der Waals surface area contributed by atoms with E-state index in [4.69, 9.17) is 37.2 Å². The van der Waals surface area contributed by atoms with E-state index in [9.17, 15) is 5.11 Å². The average Bonchev–Trinajstić information content (AvgIpc) is 3.06. The first kappa shape index (κ1) is 17.6. The predicted molar refractivity (Wildman–Crippen MR) is 96.4 cm³/mol. The van der Waals surface area contributed by atoms with Gasteiger partial charge in [-0.2, -0.15) is 0 Å². The van der Waals surface area contributed by atoms with Gasteiger partial charge in [-0.05, 0) is 30.3 Å². The molecule has 3 aromatic rings. The zero-order chi connectivity index (χ0) is 18.0. The molecule has 0 bridgehead atoms. The number of ether oxygens (including phenoxy) is 2. The Morgan fingerprint density at radius 1 is 1.08 bits per heavy atom. The molecule has 0 amide bonds. The monoisotopic (exact) mass is 379 g/mol. The molecule has 0 unspecified atom stereocenters. The predicted octanol–water partition coefficient (Wildman–Crippen LogP) is 4.82. The highest BCUT2D eigenvalue weighted by Gasteiger charge is 2.23. The van der Waals surface area contributed by atoms with Crippen molar-refractivity contribution in [3.05, 3.63) is 52.0 Å². The van der Waals surface area contributed by atoms with E-state index in [1.54, 1.807) is 38.5 Å². The molecule has 0 atom stereocenters. The number of nitrogens with zero attached hydrogens (tertiary/aromatic N) is 1. The van der Waals surface area contributed by atoms with E-state index in [0.717, 1.165) is 0 Å². The fraction of sp³-hybridized carbons (Fsp3) is 0.167. The zero-order valence-electron chi connectivity index (χ0n) is 13.5. The summed E-state index contributed by atoms with van der Waals surface area (Å²) in [5.74, 6) is 1.48. The van der Waals surface area contributed by atoms with Crippen LogP contribution in [0.25, 0.3) is 22.6 Å². The SMILES string of the molecule is COc1cccc(-c2noc(-c3ccc(Cl)c(Cl)c3)c2CO)c1OC. The Labute approximate surface area is 154 Å². The highest BCUT2D eigenvalue weighted by atomic mass is 35.5. The maximum atomic E-state index is 9.89. The summed E-state index contributed by atoms with van der Waals surface area (Å²) in [6, 6.07) is 10.5. The normalized spacial score (nSPS) is 10.8. The lowest BCUT2D eigenvalue weighted by Crippen LogP contribution is -1.95. The van der Waals surface area contributed by atoms with Crippen LogP contribution in [0.4, 0.5) is 0 Å². The van der Waals surface area contributed by atoms with E-state index in [1.165, 1.54) is 0 Å². The minimum Gasteiger partial charge on any atom is -0.493 e. The third-order valence-corrected chi connectivity index (χ3v) is 4.53. The van der Waals surface area contributed by atoms with Gasteiger partial charge in [-0.3, -0.25) is 0 Å². The molecule has 7 heteroatoms. The molecular weight excluding hydrogens is 365 g/mol. The van der Waals surface area contributed by atoms with E-state index >= 15 is 0 Å². The van der Waals surface area contributed by atoms with Crippen LogP contribution >= 0.6 is 23.2 Å². The van der Waals surface area contributed by atoms with E-state index in [0.29, 0.717) is 49.7 Å². The lowest BCUT2D eigenvalue weighted by atomic mass is 10.0. The zero-order valence-corrected chi connectivity index (χ0v) is 15.1. The molecule has 130 valence electrons. The quantitative estimate of drug-likeness (QED) is 0.687. The molecule has 2 aromatic carbocycles. The van der Waals surface area contributed by atoms with Gasteiger partial charge in [0.2, 0.25) is 0 Å². The fourth-order valence-electron chi connectivity index (χ4n) is 2.61. The van der Waals surface area contributed by atoms with Crippen molar-refractivity contribution in [2.45, 2.75) is 6.61 Å². The van der Waals surface area contributed by atoms with Crippen LogP contribution in [0, 0.1) is 0 Å². The lowest BCUT2D eigenvalue weighted by molar-refractivity contribution is 0.281. The summed E-state index contributed by atoms with van der Waals surface area (Å²) in [6.45, 7) is -0.269. The molecule has 1 heterocycles. The molecule has 25 heavy (non-hydrogen) atoms. The molecule has 0 aliphatic heterocycles. The number of para-hydroxylation sites is 1. The van der Waals surface area contributed by atoms with Gasteiger partial charge < -0.3 is 19.1 Å². The number of halogens is 2. The average molecular weight is 380 g/mol. The van der Waals surface area contributed by atoms with Crippen LogP contribution < -0.4 is 9.47 Å². The number of aliphatic hydroxyl groups is 1. The first-order valence-electron chi connectivity index (χ1n) is 7.36. The first-order chi connectivity index (χ1) is 12.1. The van der Waals surface area contributed by atoms with Crippen LogP contribution in [0.1, 0.15) is 5.56 Å². The number of hydrogen-bond donors (Lipinski definition) is 1. The Balaban J connectivity index is 2.17. The van der Waals surface area contributed by atoms with Crippen molar-refractivity contribution in [1.29, 1.82) is 0 Å². The Morgan fingerprint density at radius 3 is 2.52 bits per heavy atom. The lowest BCUT2D eigenvalue weighted by Gasteiger charge is -2.11. The maximum absolute atomic E-state index is 9.89. The van der Waals surface area contributed by atoms with Crippen molar-refractivity contribution in [2.75, 3.05) is 14.2 Å². The third-order valence-electron chi connectivity index (χ3n) is 3.79. The van der Waals surface area contributed by atoms with E-state index in [2.05, 4.69) is 5.16 Å². The summed E-state index contributed by atoms with van der Waals surface area (Å²) >= 11 is 12.0. The van der Waals surface area contributed by atoms with Crippen LogP contribution in [0.15, 0.2) is 40.9 Å². The molecule has 0 radical (unpaired) electrons. The molecule has 0 fully saturated rings. The summed E-state index contributed by atoms with van der Waals surface area (Å²) < 4.78 is 16.2. The second-order valence-corrected chi connectivity index (χ2v) is 5.98. The van der Waals surface area contributed by atoms with Gasteiger partial charge in [-0.25, -0.2) is 0 Å². The minimum absolute atomic E-state index is 0.269. The number of aromatic nitrogens is 1. The van der Waals surface area contributed by atoms with Gasteiger partial charge >= 0.3 is 0 Å². The number of rotatable bonds is 5. The number of hydrogen-bond acceptors (Lipinski definition) is 5. The van der Waals surface area contributed by atoms with Crippen molar-refractivity contribution < 1.29 is 19.1 Å². The highest BCUT2D eigenvalue weighted by Crippen LogP contribution is 2.41. The largest absolute Gasteiger partial charge is 0.493 e. The fourth-order valence-corrected chi connectivity index (χ4v) is 2.90. The van der Waals surface area contributed by atoms with Gasteiger partial charge in [-0.15, -0.1) is 0 Å². The molecule has 0 aliphatic rings. The minimum atomic E-state index is -0.269. The summed E-state index contributed by atoms with van der Waals surface area (Å²) in [7, 11) is 3.10. The molecule has 5 nitrogen and oxygen atoms in total. The summed E-state index contributed by atoms with van der Waals surface area (Å²) in [5, 5.41) is 14.8. The molecule has 0 aliphatic carbocycles. The first-order valence-corrected chi connectivity index (χ1v) is 8.12.